The molecule has 10 aromatic rings. The molecule has 10 aromatic carbocycles. The van der Waals surface area contributed by atoms with E-state index in [1.165, 1.54) is 106 Å². The molecule has 3 aliphatic carbocycles. The number of hydrogen-bond donors (Lipinski definition) is 0. The third-order valence-corrected chi connectivity index (χ3v) is 14.7. The number of rotatable bonds is 6. The zero-order chi connectivity index (χ0) is 43.3. The van der Waals surface area contributed by atoms with E-state index in [0.29, 0.717) is 0 Å². The molecule has 0 N–H and O–H groups in total. The van der Waals surface area contributed by atoms with Crippen LogP contribution in [0.25, 0.3) is 66.8 Å². The highest BCUT2D eigenvalue weighted by Crippen LogP contribution is 2.66. The first-order chi connectivity index (χ1) is 32.0. The minimum absolute atomic E-state index is 0.145. The van der Waals surface area contributed by atoms with Crippen molar-refractivity contribution in [2.45, 2.75) is 24.7 Å². The summed E-state index contributed by atoms with van der Waals surface area (Å²) in [5, 5.41) is 0. The Labute approximate surface area is 381 Å². The van der Waals surface area contributed by atoms with Crippen LogP contribution in [0, 0.1) is 0 Å². The van der Waals surface area contributed by atoms with E-state index in [4.69, 9.17) is 0 Å². The van der Waals surface area contributed by atoms with Crippen LogP contribution in [0.2, 0.25) is 0 Å². The normalized spacial score (nSPS) is 15.4. The molecule has 0 heterocycles. The van der Waals surface area contributed by atoms with Gasteiger partial charge < -0.3 is 4.90 Å². The van der Waals surface area contributed by atoms with E-state index in [-0.39, 0.29) is 5.41 Å². The van der Waals surface area contributed by atoms with Crippen molar-refractivity contribution in [2.75, 3.05) is 4.90 Å². The summed E-state index contributed by atoms with van der Waals surface area (Å²) in [6.45, 7) is 4.75. The fraction of sp³-hybridized carbons (Fsp3) is 0.0625. The van der Waals surface area contributed by atoms with E-state index >= 15 is 0 Å². The topological polar surface area (TPSA) is 3.24 Å². The quantitative estimate of drug-likeness (QED) is 0.161. The van der Waals surface area contributed by atoms with Crippen molar-refractivity contribution in [3.8, 4) is 66.8 Å². The van der Waals surface area contributed by atoms with Crippen molar-refractivity contribution < 1.29 is 0 Å². The molecule has 1 heteroatoms. The van der Waals surface area contributed by atoms with Gasteiger partial charge in [-0.25, -0.2) is 0 Å². The Bertz CT molecular complexity index is 3510. The first-order valence-corrected chi connectivity index (χ1v) is 22.8. The van der Waals surface area contributed by atoms with Gasteiger partial charge in [0.15, 0.2) is 0 Å². The zero-order valence-corrected chi connectivity index (χ0v) is 36.5. The molecular weight excluding hydrogens is 783 g/mol. The van der Waals surface area contributed by atoms with Crippen LogP contribution in [0.15, 0.2) is 237 Å². The summed E-state index contributed by atoms with van der Waals surface area (Å²) < 4.78 is 0. The summed E-state index contributed by atoms with van der Waals surface area (Å²) in [6, 6.07) is 88.2. The van der Waals surface area contributed by atoms with Gasteiger partial charge in [0.25, 0.3) is 0 Å². The first-order valence-electron chi connectivity index (χ1n) is 22.8. The average molecular weight is 828 g/mol. The van der Waals surface area contributed by atoms with Crippen molar-refractivity contribution in [1.29, 1.82) is 0 Å². The minimum Gasteiger partial charge on any atom is -0.310 e. The Kier molecular flexibility index (Phi) is 8.24. The van der Waals surface area contributed by atoms with Crippen LogP contribution < -0.4 is 4.90 Å². The van der Waals surface area contributed by atoms with E-state index in [1.54, 1.807) is 0 Å². The van der Waals surface area contributed by atoms with Crippen LogP contribution in [0.5, 0.6) is 0 Å². The second kappa shape index (κ2) is 14.3. The molecule has 1 nitrogen and oxygen atoms in total. The van der Waals surface area contributed by atoms with Crippen LogP contribution in [0.4, 0.5) is 17.1 Å². The molecule has 0 aliphatic heterocycles. The van der Waals surface area contributed by atoms with Gasteiger partial charge in [0.2, 0.25) is 0 Å². The Morgan fingerprint density at radius 3 is 1.43 bits per heavy atom. The average Bonchev–Trinajstić information content (AvgIpc) is 3.94. The highest BCUT2D eigenvalue weighted by Gasteiger charge is 2.53. The van der Waals surface area contributed by atoms with E-state index in [9.17, 15) is 0 Å². The molecule has 0 radical (unpaired) electrons. The molecule has 0 saturated carbocycles. The number of hydrogen-bond acceptors (Lipinski definition) is 1. The molecular formula is C64H45N. The van der Waals surface area contributed by atoms with Crippen LogP contribution in [0.1, 0.15) is 47.2 Å². The maximum absolute atomic E-state index is 2.52. The summed E-state index contributed by atoms with van der Waals surface area (Å²) in [4.78, 5) is 2.52. The monoisotopic (exact) mass is 827 g/mol. The molecule has 13 rings (SSSR count). The van der Waals surface area contributed by atoms with Gasteiger partial charge in [-0.1, -0.05) is 220 Å². The Hall–Kier alpha value is -8.00. The summed E-state index contributed by atoms with van der Waals surface area (Å²) >= 11 is 0. The number of nitrogens with zero attached hydrogens (tertiary/aromatic N) is 1. The Morgan fingerprint density at radius 2 is 0.738 bits per heavy atom. The zero-order valence-electron chi connectivity index (χ0n) is 36.5. The van der Waals surface area contributed by atoms with Crippen molar-refractivity contribution in [3.05, 3.63) is 270 Å². The van der Waals surface area contributed by atoms with Crippen molar-refractivity contribution in [2.24, 2.45) is 0 Å². The Balaban J connectivity index is 1.07. The predicted molar refractivity (Wildman–Crippen MR) is 271 cm³/mol. The second-order valence-electron chi connectivity index (χ2n) is 18.3. The highest BCUT2D eigenvalue weighted by atomic mass is 15.1. The van der Waals surface area contributed by atoms with E-state index in [0.717, 1.165) is 11.4 Å². The lowest BCUT2D eigenvalue weighted by Gasteiger charge is -2.32. The molecule has 0 aromatic heterocycles. The summed E-state index contributed by atoms with van der Waals surface area (Å²) in [7, 11) is 0. The van der Waals surface area contributed by atoms with Gasteiger partial charge in [-0.05, 0) is 125 Å². The van der Waals surface area contributed by atoms with Crippen molar-refractivity contribution >= 4 is 17.1 Å². The summed E-state index contributed by atoms with van der Waals surface area (Å²) in [6.07, 6.45) is 0. The summed E-state index contributed by atoms with van der Waals surface area (Å²) in [5.41, 5.74) is 26.0. The molecule has 65 heavy (non-hydrogen) atoms. The molecule has 306 valence electrons. The van der Waals surface area contributed by atoms with Gasteiger partial charge in [0.1, 0.15) is 0 Å². The fourth-order valence-electron chi connectivity index (χ4n) is 11.9. The molecule has 1 unspecified atom stereocenters. The van der Waals surface area contributed by atoms with Gasteiger partial charge >= 0.3 is 0 Å². The van der Waals surface area contributed by atoms with Gasteiger partial charge in [-0.15, -0.1) is 0 Å². The van der Waals surface area contributed by atoms with Crippen LogP contribution in [-0.4, -0.2) is 0 Å². The highest BCUT2D eigenvalue weighted by molar-refractivity contribution is 6.05. The largest absolute Gasteiger partial charge is 0.310 e. The molecule has 0 amide bonds. The molecule has 0 saturated heterocycles. The third-order valence-electron chi connectivity index (χ3n) is 14.7. The third kappa shape index (κ3) is 5.33. The maximum atomic E-state index is 2.52. The van der Waals surface area contributed by atoms with E-state index in [1.807, 2.05) is 0 Å². The minimum atomic E-state index is -0.532. The molecule has 1 atom stereocenters. The lowest BCUT2D eigenvalue weighted by molar-refractivity contribution is 0.660. The van der Waals surface area contributed by atoms with Crippen LogP contribution >= 0.6 is 0 Å². The molecule has 1 spiro atoms. The fourth-order valence-corrected chi connectivity index (χ4v) is 11.9. The van der Waals surface area contributed by atoms with Gasteiger partial charge in [-0.3, -0.25) is 0 Å². The number of fused-ring (bicyclic) bond motifs is 13. The van der Waals surface area contributed by atoms with Gasteiger partial charge in [0.05, 0.1) is 11.1 Å². The van der Waals surface area contributed by atoms with E-state index < -0.39 is 5.41 Å². The molecule has 0 fully saturated rings. The number of benzene rings is 10. The molecule has 3 aliphatic rings. The van der Waals surface area contributed by atoms with Crippen LogP contribution in [-0.2, 0) is 10.8 Å². The maximum Gasteiger partial charge on any atom is 0.0726 e. The van der Waals surface area contributed by atoms with Gasteiger partial charge in [0, 0.05) is 22.4 Å². The first kappa shape index (κ1) is 37.5. The standard InChI is InChI=1S/C64H45N/c1-63(2)54-29-14-11-25-49(54)50-40-39-46(41-59(50)63)65(45-37-35-43(36-38-45)42-19-5-3-6-20-42)60-34-18-33-58-62(60)53-27-13-16-31-56(53)64(58)55-30-15-12-26-52(55)61-51(28-17-32-57(61)64)48-24-10-9-23-47(48)44-21-7-4-8-22-44/h3-41H,1-2H3. The summed E-state index contributed by atoms with van der Waals surface area (Å²) in [5.74, 6) is 0. The second-order valence-corrected chi connectivity index (χ2v) is 18.3. The SMILES string of the molecule is CC1(C)c2ccccc2-c2ccc(N(c3ccc(-c4ccccc4)cc3)c3cccc4c3-c3ccccc3C43c4ccccc4-c4c(-c5ccccc5-c5ccccc5)cccc43)cc21. The number of anilines is 3. The predicted octanol–water partition coefficient (Wildman–Crippen LogP) is 16.8. The van der Waals surface area contributed by atoms with Gasteiger partial charge in [-0.2, -0.15) is 0 Å². The smallest absolute Gasteiger partial charge is 0.0726 e. The van der Waals surface area contributed by atoms with E-state index in [2.05, 4.69) is 255 Å². The lowest BCUT2D eigenvalue weighted by atomic mass is 9.70. The van der Waals surface area contributed by atoms with Crippen molar-refractivity contribution in [1.82, 2.24) is 0 Å². The van der Waals surface area contributed by atoms with Crippen molar-refractivity contribution in [3.63, 3.8) is 0 Å². The lowest BCUT2D eigenvalue weighted by Crippen LogP contribution is -2.26. The molecule has 0 bridgehead atoms. The Morgan fingerprint density at radius 1 is 0.277 bits per heavy atom. The van der Waals surface area contributed by atoms with Crippen LogP contribution in [0.3, 0.4) is 0 Å².